The molecule has 5 nitrogen and oxygen atoms in total. The Morgan fingerprint density at radius 2 is 2.06 bits per heavy atom. The molecule has 2 amide bonds. The van der Waals surface area contributed by atoms with Crippen LogP contribution in [0, 0.1) is 5.92 Å². The van der Waals surface area contributed by atoms with Gasteiger partial charge in [0.1, 0.15) is 0 Å². The molecule has 1 aliphatic heterocycles. The fourth-order valence-corrected chi connectivity index (χ4v) is 3.11. The maximum atomic E-state index is 12.2. The number of carboxylic acids is 1. The standard InChI is InChI=1S/C13H22N2O3/c1-10-4-7-15(9-10)12(18)14-13(8-11(16)17)5-2-3-6-13/h10H,2-9H2,1H3,(H,14,18)(H,16,17). The van der Waals surface area contributed by atoms with Crippen LogP contribution in [0.5, 0.6) is 0 Å². The van der Waals surface area contributed by atoms with Gasteiger partial charge in [-0.15, -0.1) is 0 Å². The van der Waals surface area contributed by atoms with E-state index in [1.54, 1.807) is 0 Å². The Morgan fingerprint density at radius 1 is 1.39 bits per heavy atom. The number of aliphatic carboxylic acids is 1. The Kier molecular flexibility index (Phi) is 3.78. The molecule has 18 heavy (non-hydrogen) atoms. The number of hydrogen-bond acceptors (Lipinski definition) is 2. The van der Waals surface area contributed by atoms with Crippen molar-refractivity contribution in [1.82, 2.24) is 10.2 Å². The van der Waals surface area contributed by atoms with Crippen LogP contribution in [-0.2, 0) is 4.79 Å². The van der Waals surface area contributed by atoms with Gasteiger partial charge in [0.15, 0.2) is 0 Å². The van der Waals surface area contributed by atoms with Crippen LogP contribution in [0.4, 0.5) is 4.79 Å². The highest BCUT2D eigenvalue weighted by Gasteiger charge is 2.39. The Labute approximate surface area is 108 Å². The monoisotopic (exact) mass is 254 g/mol. The number of likely N-dealkylation sites (tertiary alicyclic amines) is 1. The van der Waals surface area contributed by atoms with Crippen molar-refractivity contribution in [3.8, 4) is 0 Å². The zero-order valence-corrected chi connectivity index (χ0v) is 10.9. The predicted octanol–water partition coefficient (Wildman–Crippen LogP) is 1.83. The third kappa shape index (κ3) is 2.94. The van der Waals surface area contributed by atoms with Gasteiger partial charge in [0, 0.05) is 13.1 Å². The van der Waals surface area contributed by atoms with Crippen molar-refractivity contribution in [2.45, 2.75) is 51.0 Å². The molecule has 2 N–H and O–H groups in total. The van der Waals surface area contributed by atoms with Gasteiger partial charge in [-0.1, -0.05) is 19.8 Å². The molecule has 2 fully saturated rings. The summed E-state index contributed by atoms with van der Waals surface area (Å²) in [4.78, 5) is 24.9. The van der Waals surface area contributed by atoms with Crippen LogP contribution in [0.25, 0.3) is 0 Å². The minimum Gasteiger partial charge on any atom is -0.481 e. The number of carbonyl (C=O) groups excluding carboxylic acids is 1. The molecule has 0 bridgehead atoms. The molecule has 2 rings (SSSR count). The number of urea groups is 1. The molecular formula is C13H22N2O3. The van der Waals surface area contributed by atoms with E-state index in [0.717, 1.165) is 45.2 Å². The minimum atomic E-state index is -0.827. The fraction of sp³-hybridized carbons (Fsp3) is 0.846. The summed E-state index contributed by atoms with van der Waals surface area (Å²) in [5.41, 5.74) is -0.505. The summed E-state index contributed by atoms with van der Waals surface area (Å²) in [6.45, 7) is 3.71. The topological polar surface area (TPSA) is 69.6 Å². The molecule has 1 atom stereocenters. The smallest absolute Gasteiger partial charge is 0.317 e. The maximum Gasteiger partial charge on any atom is 0.317 e. The molecule has 0 aromatic rings. The number of nitrogens with zero attached hydrogens (tertiary/aromatic N) is 1. The summed E-state index contributed by atoms with van der Waals surface area (Å²) < 4.78 is 0. The molecule has 2 aliphatic rings. The summed E-state index contributed by atoms with van der Waals surface area (Å²) in [7, 11) is 0. The van der Waals surface area contributed by atoms with Crippen molar-refractivity contribution in [3.05, 3.63) is 0 Å². The number of carboxylic acid groups (broad SMARTS) is 1. The third-order valence-electron chi connectivity index (χ3n) is 4.13. The average molecular weight is 254 g/mol. The number of carbonyl (C=O) groups is 2. The third-order valence-corrected chi connectivity index (χ3v) is 4.13. The second-order valence-electron chi connectivity index (χ2n) is 5.83. The molecule has 1 aliphatic carbocycles. The highest BCUT2D eigenvalue weighted by atomic mass is 16.4. The van der Waals surface area contributed by atoms with Gasteiger partial charge in [-0.3, -0.25) is 4.79 Å². The Hall–Kier alpha value is -1.26. The Bertz CT molecular complexity index is 337. The first-order chi connectivity index (χ1) is 8.51. The SMILES string of the molecule is CC1CCN(C(=O)NC2(CC(=O)O)CCCC2)C1. The molecule has 5 heteroatoms. The molecule has 0 aromatic heterocycles. The number of hydrogen-bond donors (Lipinski definition) is 2. The molecule has 102 valence electrons. The van der Waals surface area contributed by atoms with Crippen molar-refractivity contribution >= 4 is 12.0 Å². The van der Waals surface area contributed by atoms with E-state index in [0.29, 0.717) is 5.92 Å². The van der Waals surface area contributed by atoms with Gasteiger partial charge in [-0.2, -0.15) is 0 Å². The Balaban J connectivity index is 1.96. The summed E-state index contributed by atoms with van der Waals surface area (Å²) in [5, 5.41) is 12.0. The largest absolute Gasteiger partial charge is 0.481 e. The van der Waals surface area contributed by atoms with Crippen LogP contribution in [-0.4, -0.2) is 40.6 Å². The van der Waals surface area contributed by atoms with E-state index in [4.69, 9.17) is 5.11 Å². The summed E-state index contributed by atoms with van der Waals surface area (Å²) >= 11 is 0. The van der Waals surface area contributed by atoms with Gasteiger partial charge in [0.25, 0.3) is 0 Å². The lowest BCUT2D eigenvalue weighted by Crippen LogP contribution is -2.52. The molecule has 0 aromatic carbocycles. The van der Waals surface area contributed by atoms with E-state index < -0.39 is 11.5 Å². The molecule has 1 saturated heterocycles. The van der Waals surface area contributed by atoms with Gasteiger partial charge < -0.3 is 15.3 Å². The summed E-state index contributed by atoms with van der Waals surface area (Å²) in [5.74, 6) is -0.276. The van der Waals surface area contributed by atoms with Crippen molar-refractivity contribution in [1.29, 1.82) is 0 Å². The van der Waals surface area contributed by atoms with E-state index in [1.165, 1.54) is 0 Å². The second-order valence-corrected chi connectivity index (χ2v) is 5.83. The van der Waals surface area contributed by atoms with Crippen LogP contribution in [0.1, 0.15) is 45.4 Å². The summed E-state index contributed by atoms with van der Waals surface area (Å²) in [6.07, 6.45) is 4.66. The molecule has 1 unspecified atom stereocenters. The fourth-order valence-electron chi connectivity index (χ4n) is 3.11. The molecule has 1 saturated carbocycles. The number of rotatable bonds is 3. The number of nitrogens with one attached hydrogen (secondary N) is 1. The van der Waals surface area contributed by atoms with Crippen LogP contribution >= 0.6 is 0 Å². The zero-order chi connectivity index (χ0) is 13.2. The van der Waals surface area contributed by atoms with Crippen LogP contribution < -0.4 is 5.32 Å². The first kappa shape index (κ1) is 13.2. The van der Waals surface area contributed by atoms with Crippen molar-refractivity contribution in [3.63, 3.8) is 0 Å². The Morgan fingerprint density at radius 3 is 2.56 bits per heavy atom. The van der Waals surface area contributed by atoms with E-state index in [2.05, 4.69) is 12.2 Å². The molecular weight excluding hydrogens is 232 g/mol. The minimum absolute atomic E-state index is 0.0438. The van der Waals surface area contributed by atoms with Crippen molar-refractivity contribution in [2.24, 2.45) is 5.92 Å². The number of amides is 2. The average Bonchev–Trinajstić information content (AvgIpc) is 2.87. The van der Waals surface area contributed by atoms with Crippen LogP contribution in [0.15, 0.2) is 0 Å². The molecule has 0 radical (unpaired) electrons. The van der Waals surface area contributed by atoms with E-state index in [-0.39, 0.29) is 12.5 Å². The van der Waals surface area contributed by atoms with Crippen molar-refractivity contribution < 1.29 is 14.7 Å². The van der Waals surface area contributed by atoms with Gasteiger partial charge >= 0.3 is 12.0 Å². The van der Waals surface area contributed by atoms with Gasteiger partial charge in [0.05, 0.1) is 12.0 Å². The van der Waals surface area contributed by atoms with Crippen LogP contribution in [0.2, 0.25) is 0 Å². The zero-order valence-electron chi connectivity index (χ0n) is 10.9. The summed E-state index contributed by atoms with van der Waals surface area (Å²) in [6, 6.07) is -0.0810. The lowest BCUT2D eigenvalue weighted by molar-refractivity contribution is -0.138. The molecule has 0 spiro atoms. The lowest BCUT2D eigenvalue weighted by Gasteiger charge is -2.31. The van der Waals surface area contributed by atoms with E-state index in [1.807, 2.05) is 4.90 Å². The predicted molar refractivity (Wildman–Crippen MR) is 67.3 cm³/mol. The van der Waals surface area contributed by atoms with Crippen LogP contribution in [0.3, 0.4) is 0 Å². The van der Waals surface area contributed by atoms with Gasteiger partial charge in [0.2, 0.25) is 0 Å². The second kappa shape index (κ2) is 5.16. The highest BCUT2D eigenvalue weighted by Crippen LogP contribution is 2.33. The normalized spacial score (nSPS) is 26.3. The first-order valence-electron chi connectivity index (χ1n) is 6.80. The van der Waals surface area contributed by atoms with Gasteiger partial charge in [-0.25, -0.2) is 4.79 Å². The van der Waals surface area contributed by atoms with E-state index in [9.17, 15) is 9.59 Å². The first-order valence-corrected chi connectivity index (χ1v) is 6.80. The van der Waals surface area contributed by atoms with Gasteiger partial charge in [-0.05, 0) is 25.2 Å². The maximum absolute atomic E-state index is 12.2. The highest BCUT2D eigenvalue weighted by molar-refractivity contribution is 5.77. The van der Waals surface area contributed by atoms with E-state index >= 15 is 0 Å². The molecule has 1 heterocycles. The quantitative estimate of drug-likeness (QED) is 0.807. The lowest BCUT2D eigenvalue weighted by atomic mass is 9.93. The van der Waals surface area contributed by atoms with Crippen molar-refractivity contribution in [2.75, 3.05) is 13.1 Å².